The van der Waals surface area contributed by atoms with E-state index < -0.39 is 0 Å². The van der Waals surface area contributed by atoms with E-state index in [4.69, 9.17) is 0 Å². The van der Waals surface area contributed by atoms with E-state index in [1.807, 2.05) is 6.07 Å². The minimum absolute atomic E-state index is 0.0276. The van der Waals surface area contributed by atoms with Gasteiger partial charge < -0.3 is 5.32 Å². The van der Waals surface area contributed by atoms with E-state index in [1.165, 1.54) is 31.2 Å². The second-order valence-electron chi connectivity index (χ2n) is 8.93. The summed E-state index contributed by atoms with van der Waals surface area (Å²) in [6, 6.07) is 5.95. The fraction of sp³-hybridized carbons (Fsp3) is 0.667. The highest BCUT2D eigenvalue weighted by Crippen LogP contribution is 2.53. The maximum atomic E-state index is 13.8. The van der Waals surface area contributed by atoms with Crippen molar-refractivity contribution in [2.45, 2.75) is 62.9 Å². The molecule has 0 radical (unpaired) electrons. The Morgan fingerprint density at radius 1 is 1.32 bits per heavy atom. The van der Waals surface area contributed by atoms with E-state index >= 15 is 0 Å². The van der Waals surface area contributed by atoms with Crippen LogP contribution in [-0.4, -0.2) is 29.9 Å². The quantitative estimate of drug-likeness (QED) is 0.892. The van der Waals surface area contributed by atoms with Gasteiger partial charge in [0.05, 0.1) is 6.04 Å². The van der Waals surface area contributed by atoms with Crippen LogP contribution in [0.15, 0.2) is 18.2 Å². The Hall–Kier alpha value is -1.42. The summed E-state index contributed by atoms with van der Waals surface area (Å²) in [5, 5.41) is 3.06. The van der Waals surface area contributed by atoms with Gasteiger partial charge in [-0.3, -0.25) is 9.69 Å². The number of fused-ring (bicyclic) bond motifs is 4. The molecule has 3 nitrogen and oxygen atoms in total. The molecule has 1 saturated heterocycles. The van der Waals surface area contributed by atoms with Gasteiger partial charge in [-0.1, -0.05) is 12.5 Å². The number of benzene rings is 1. The largest absolute Gasteiger partial charge is 0.349 e. The van der Waals surface area contributed by atoms with E-state index in [-0.39, 0.29) is 23.2 Å². The molecule has 134 valence electrons. The molecule has 5 atom stereocenters. The Morgan fingerprint density at radius 3 is 2.92 bits per heavy atom. The molecule has 4 heteroatoms. The average Bonchev–Trinajstić information content (AvgIpc) is 3.32. The summed E-state index contributed by atoms with van der Waals surface area (Å²) in [6.45, 7) is 3.78. The van der Waals surface area contributed by atoms with Crippen LogP contribution in [0.3, 0.4) is 0 Å². The molecule has 4 aliphatic rings. The third kappa shape index (κ3) is 2.44. The third-order valence-corrected chi connectivity index (χ3v) is 7.49. The molecule has 1 N–H and O–H groups in total. The zero-order valence-corrected chi connectivity index (χ0v) is 14.9. The second kappa shape index (κ2) is 5.54. The van der Waals surface area contributed by atoms with Crippen molar-refractivity contribution in [2.24, 2.45) is 11.8 Å². The van der Waals surface area contributed by atoms with Crippen molar-refractivity contribution >= 4 is 5.91 Å². The minimum Gasteiger partial charge on any atom is -0.349 e. The van der Waals surface area contributed by atoms with E-state index in [0.717, 1.165) is 49.4 Å². The molecule has 3 fully saturated rings. The lowest BCUT2D eigenvalue weighted by Gasteiger charge is -2.33. The van der Waals surface area contributed by atoms with Gasteiger partial charge in [-0.2, -0.15) is 0 Å². The lowest BCUT2D eigenvalue weighted by Crippen LogP contribution is -2.39. The highest BCUT2D eigenvalue weighted by molar-refractivity contribution is 5.74. The first-order chi connectivity index (χ1) is 12.0. The average molecular weight is 342 g/mol. The molecule has 1 heterocycles. The zero-order chi connectivity index (χ0) is 17.2. The highest BCUT2D eigenvalue weighted by Gasteiger charge is 2.52. The number of likely N-dealkylation sites (tertiary alicyclic amines) is 1. The first-order valence-corrected chi connectivity index (χ1v) is 9.85. The van der Waals surface area contributed by atoms with Crippen LogP contribution in [0, 0.1) is 17.7 Å². The molecule has 3 unspecified atom stereocenters. The van der Waals surface area contributed by atoms with Gasteiger partial charge >= 0.3 is 0 Å². The lowest BCUT2D eigenvalue weighted by molar-refractivity contribution is -0.119. The van der Waals surface area contributed by atoms with Crippen molar-refractivity contribution in [1.29, 1.82) is 0 Å². The monoisotopic (exact) mass is 342 g/mol. The molecule has 3 aliphatic carbocycles. The number of halogens is 1. The van der Waals surface area contributed by atoms with Crippen LogP contribution < -0.4 is 5.32 Å². The zero-order valence-electron chi connectivity index (χ0n) is 14.9. The van der Waals surface area contributed by atoms with E-state index in [9.17, 15) is 9.18 Å². The summed E-state index contributed by atoms with van der Waals surface area (Å²) in [6.07, 6.45) is 7.72. The summed E-state index contributed by atoms with van der Waals surface area (Å²) < 4.78 is 13.8. The van der Waals surface area contributed by atoms with Crippen LogP contribution in [0.1, 0.15) is 62.6 Å². The summed E-state index contributed by atoms with van der Waals surface area (Å²) in [5.41, 5.74) is 2.38. The van der Waals surface area contributed by atoms with Gasteiger partial charge in [-0.25, -0.2) is 4.39 Å². The molecule has 2 saturated carbocycles. The van der Waals surface area contributed by atoms with E-state index in [2.05, 4.69) is 10.2 Å². The van der Waals surface area contributed by atoms with Gasteiger partial charge in [0.15, 0.2) is 0 Å². The van der Waals surface area contributed by atoms with Crippen molar-refractivity contribution in [3.63, 3.8) is 0 Å². The van der Waals surface area contributed by atoms with Gasteiger partial charge in [0.2, 0.25) is 5.91 Å². The molecular formula is C21H27FN2O. The van der Waals surface area contributed by atoms with Crippen LogP contribution in [0.4, 0.5) is 4.39 Å². The van der Waals surface area contributed by atoms with Crippen molar-refractivity contribution < 1.29 is 9.18 Å². The van der Waals surface area contributed by atoms with Crippen LogP contribution in [0.25, 0.3) is 0 Å². The normalized spacial score (nSPS) is 39.3. The summed E-state index contributed by atoms with van der Waals surface area (Å²) in [5.74, 6) is 1.64. The van der Waals surface area contributed by atoms with Gasteiger partial charge in [-0.15, -0.1) is 0 Å². The van der Waals surface area contributed by atoms with Gasteiger partial charge in [0.1, 0.15) is 5.82 Å². The molecule has 1 aliphatic heterocycles. The van der Waals surface area contributed by atoms with Gasteiger partial charge in [0, 0.05) is 24.9 Å². The predicted molar refractivity (Wildman–Crippen MR) is 94.7 cm³/mol. The number of amides is 1. The maximum Gasteiger partial charge on any atom is 0.217 e. The first kappa shape index (κ1) is 15.8. The molecule has 2 bridgehead atoms. The molecule has 25 heavy (non-hydrogen) atoms. The first-order valence-electron chi connectivity index (χ1n) is 9.85. The Labute approximate surface area is 149 Å². The standard InChI is InChI=1S/C21H27FN2O/c1-13(25)23-19-11-21(18-5-4-16(22)10-17(18)19)6-7-24(12-21)20-9-14-2-3-15(20)8-14/h4-5,10,14-15,19-20H,2-3,6-9,11-12H2,1H3,(H,23,25)/t14?,15?,19-,20+,21?/m0/s1. The highest BCUT2D eigenvalue weighted by atomic mass is 19.1. The molecule has 0 aromatic heterocycles. The number of rotatable bonds is 2. The topological polar surface area (TPSA) is 32.3 Å². The fourth-order valence-electron chi connectivity index (χ4n) is 6.52. The third-order valence-electron chi connectivity index (χ3n) is 7.49. The second-order valence-corrected chi connectivity index (χ2v) is 8.93. The van der Waals surface area contributed by atoms with Gasteiger partial charge in [-0.05, 0) is 73.7 Å². The van der Waals surface area contributed by atoms with Crippen molar-refractivity contribution in [2.75, 3.05) is 13.1 Å². The Bertz CT molecular complexity index is 720. The van der Waals surface area contributed by atoms with Crippen molar-refractivity contribution in [3.8, 4) is 0 Å². The number of hydrogen-bond donors (Lipinski definition) is 1. The summed E-state index contributed by atoms with van der Waals surface area (Å²) in [4.78, 5) is 14.4. The number of carbonyl (C=O) groups is 1. The number of hydrogen-bond acceptors (Lipinski definition) is 2. The molecule has 1 spiro atoms. The van der Waals surface area contributed by atoms with Crippen LogP contribution in [-0.2, 0) is 10.2 Å². The maximum absolute atomic E-state index is 13.8. The molecular weight excluding hydrogens is 315 g/mol. The van der Waals surface area contributed by atoms with Gasteiger partial charge in [0.25, 0.3) is 0 Å². The molecule has 1 aromatic carbocycles. The predicted octanol–water partition coefficient (Wildman–Crippen LogP) is 3.54. The SMILES string of the molecule is CC(=O)N[C@H]1CC2(CCN([C@@H]3CC4CCC3C4)C2)c2ccc(F)cc21. The Morgan fingerprint density at radius 2 is 2.20 bits per heavy atom. The lowest BCUT2D eigenvalue weighted by atomic mass is 9.81. The van der Waals surface area contributed by atoms with Crippen LogP contribution in [0.5, 0.6) is 0 Å². The number of carbonyl (C=O) groups excluding carboxylic acids is 1. The molecule has 1 amide bonds. The van der Waals surface area contributed by atoms with Crippen LogP contribution >= 0.6 is 0 Å². The Kier molecular flexibility index (Phi) is 3.50. The number of nitrogens with one attached hydrogen (secondary N) is 1. The minimum atomic E-state index is -0.200. The fourth-order valence-corrected chi connectivity index (χ4v) is 6.52. The molecule has 1 aromatic rings. The summed E-state index contributed by atoms with van der Waals surface area (Å²) >= 11 is 0. The Balaban J connectivity index is 1.43. The van der Waals surface area contributed by atoms with E-state index in [1.54, 1.807) is 19.1 Å². The van der Waals surface area contributed by atoms with Crippen molar-refractivity contribution in [1.82, 2.24) is 10.2 Å². The van der Waals surface area contributed by atoms with E-state index in [0.29, 0.717) is 0 Å². The molecule has 5 rings (SSSR count). The smallest absolute Gasteiger partial charge is 0.217 e. The summed E-state index contributed by atoms with van der Waals surface area (Å²) in [7, 11) is 0. The number of nitrogens with zero attached hydrogens (tertiary/aromatic N) is 1. The van der Waals surface area contributed by atoms with Crippen LogP contribution in [0.2, 0.25) is 0 Å². The van der Waals surface area contributed by atoms with Crippen molar-refractivity contribution in [3.05, 3.63) is 35.1 Å².